The predicted molar refractivity (Wildman–Crippen MR) is 80.8 cm³/mol. The van der Waals surface area contributed by atoms with E-state index in [2.05, 4.69) is 33.0 Å². The highest BCUT2D eigenvalue weighted by molar-refractivity contribution is 5.31. The zero-order chi connectivity index (χ0) is 14.8. The Bertz CT molecular complexity index is 473. The molecular formula is C16H27N3O. The van der Waals surface area contributed by atoms with Crippen LogP contribution < -0.4 is 5.32 Å². The van der Waals surface area contributed by atoms with Crippen molar-refractivity contribution in [2.75, 3.05) is 13.2 Å². The Labute approximate surface area is 122 Å². The SMILES string of the molecule is CCOC(C)(CC)c1nc2c(c(C(C)C)n1)CCNC2. The summed E-state index contributed by atoms with van der Waals surface area (Å²) < 4.78 is 5.95. The summed E-state index contributed by atoms with van der Waals surface area (Å²) in [5.41, 5.74) is 3.32. The smallest absolute Gasteiger partial charge is 0.160 e. The summed E-state index contributed by atoms with van der Waals surface area (Å²) in [4.78, 5) is 9.70. The van der Waals surface area contributed by atoms with Crippen LogP contribution in [0.15, 0.2) is 0 Å². The molecule has 2 heterocycles. The minimum absolute atomic E-state index is 0.384. The van der Waals surface area contributed by atoms with Crippen molar-refractivity contribution in [3.05, 3.63) is 22.8 Å². The molecule has 0 bridgehead atoms. The number of ether oxygens (including phenoxy) is 1. The molecule has 1 aliphatic rings. The van der Waals surface area contributed by atoms with Crippen molar-refractivity contribution in [1.29, 1.82) is 0 Å². The number of aromatic nitrogens is 2. The molecule has 1 unspecified atom stereocenters. The van der Waals surface area contributed by atoms with Crippen LogP contribution >= 0.6 is 0 Å². The molecule has 1 aromatic heterocycles. The van der Waals surface area contributed by atoms with Crippen LogP contribution in [0.4, 0.5) is 0 Å². The average Bonchev–Trinajstić information content (AvgIpc) is 2.46. The highest BCUT2D eigenvalue weighted by atomic mass is 16.5. The van der Waals surface area contributed by atoms with Crippen LogP contribution in [0.2, 0.25) is 0 Å². The largest absolute Gasteiger partial charge is 0.368 e. The first-order valence-electron chi connectivity index (χ1n) is 7.76. The second-order valence-corrected chi connectivity index (χ2v) is 5.96. The first kappa shape index (κ1) is 15.4. The van der Waals surface area contributed by atoms with E-state index in [0.29, 0.717) is 12.5 Å². The van der Waals surface area contributed by atoms with Crippen molar-refractivity contribution in [3.8, 4) is 0 Å². The maximum Gasteiger partial charge on any atom is 0.160 e. The molecule has 4 nitrogen and oxygen atoms in total. The van der Waals surface area contributed by atoms with Crippen molar-refractivity contribution in [2.45, 2.75) is 65.5 Å². The number of hydrogen-bond acceptors (Lipinski definition) is 4. The minimum Gasteiger partial charge on any atom is -0.368 e. The topological polar surface area (TPSA) is 47.0 Å². The maximum atomic E-state index is 5.95. The third-order valence-electron chi connectivity index (χ3n) is 4.13. The molecule has 0 aliphatic carbocycles. The van der Waals surface area contributed by atoms with Gasteiger partial charge in [0.25, 0.3) is 0 Å². The fraction of sp³-hybridized carbons (Fsp3) is 0.750. The fourth-order valence-electron chi connectivity index (χ4n) is 2.75. The normalized spacial score (nSPS) is 17.9. The zero-order valence-corrected chi connectivity index (χ0v) is 13.4. The van der Waals surface area contributed by atoms with Gasteiger partial charge in [0.05, 0.1) is 11.4 Å². The monoisotopic (exact) mass is 277 g/mol. The minimum atomic E-state index is -0.384. The number of rotatable bonds is 5. The van der Waals surface area contributed by atoms with Gasteiger partial charge in [0.15, 0.2) is 5.82 Å². The molecule has 4 heteroatoms. The molecule has 1 atom stereocenters. The van der Waals surface area contributed by atoms with E-state index in [1.165, 1.54) is 11.3 Å². The third-order valence-corrected chi connectivity index (χ3v) is 4.13. The van der Waals surface area contributed by atoms with Crippen molar-refractivity contribution >= 4 is 0 Å². The van der Waals surface area contributed by atoms with E-state index in [1.807, 2.05) is 6.92 Å². The summed E-state index contributed by atoms with van der Waals surface area (Å²) in [7, 11) is 0. The number of hydrogen-bond donors (Lipinski definition) is 1. The van der Waals surface area contributed by atoms with Gasteiger partial charge in [0.2, 0.25) is 0 Å². The van der Waals surface area contributed by atoms with Crippen LogP contribution in [-0.2, 0) is 23.3 Å². The van der Waals surface area contributed by atoms with E-state index in [4.69, 9.17) is 14.7 Å². The molecule has 0 aromatic carbocycles. The van der Waals surface area contributed by atoms with E-state index in [-0.39, 0.29) is 5.60 Å². The molecule has 2 rings (SSSR count). The van der Waals surface area contributed by atoms with Gasteiger partial charge in [-0.05, 0) is 44.7 Å². The lowest BCUT2D eigenvalue weighted by atomic mass is 9.95. The molecule has 1 N–H and O–H groups in total. The second-order valence-electron chi connectivity index (χ2n) is 5.96. The Morgan fingerprint density at radius 1 is 1.30 bits per heavy atom. The summed E-state index contributed by atoms with van der Waals surface area (Å²) in [6.07, 6.45) is 1.91. The van der Waals surface area contributed by atoms with Gasteiger partial charge in [-0.3, -0.25) is 0 Å². The Kier molecular flexibility index (Phi) is 4.76. The molecule has 0 amide bonds. The Morgan fingerprint density at radius 3 is 2.65 bits per heavy atom. The van der Waals surface area contributed by atoms with E-state index in [0.717, 1.165) is 37.4 Å². The van der Waals surface area contributed by atoms with Gasteiger partial charge in [-0.25, -0.2) is 9.97 Å². The molecule has 112 valence electrons. The van der Waals surface area contributed by atoms with E-state index < -0.39 is 0 Å². The van der Waals surface area contributed by atoms with Gasteiger partial charge in [-0.1, -0.05) is 20.8 Å². The van der Waals surface area contributed by atoms with E-state index in [1.54, 1.807) is 0 Å². The van der Waals surface area contributed by atoms with Gasteiger partial charge < -0.3 is 10.1 Å². The van der Waals surface area contributed by atoms with Crippen molar-refractivity contribution in [2.24, 2.45) is 0 Å². The summed E-state index contributed by atoms with van der Waals surface area (Å²) in [6.45, 7) is 13.2. The van der Waals surface area contributed by atoms with Crippen molar-refractivity contribution in [3.63, 3.8) is 0 Å². The van der Waals surface area contributed by atoms with Crippen LogP contribution in [-0.4, -0.2) is 23.1 Å². The van der Waals surface area contributed by atoms with Crippen LogP contribution in [0.5, 0.6) is 0 Å². The van der Waals surface area contributed by atoms with Crippen LogP contribution in [0.25, 0.3) is 0 Å². The van der Waals surface area contributed by atoms with E-state index >= 15 is 0 Å². The van der Waals surface area contributed by atoms with Gasteiger partial charge in [0, 0.05) is 13.2 Å². The Morgan fingerprint density at radius 2 is 2.05 bits per heavy atom. The standard InChI is InChI=1S/C16H27N3O/c1-6-16(5,20-7-2)15-18-13-10-17-9-8-12(13)14(19-15)11(3)4/h11,17H,6-10H2,1-5H3. The molecule has 1 aromatic rings. The van der Waals surface area contributed by atoms with Gasteiger partial charge in [-0.15, -0.1) is 0 Å². The molecule has 1 aliphatic heterocycles. The molecule has 0 saturated carbocycles. The van der Waals surface area contributed by atoms with Crippen molar-refractivity contribution < 1.29 is 4.74 Å². The Hall–Kier alpha value is -1.00. The maximum absolute atomic E-state index is 5.95. The quantitative estimate of drug-likeness (QED) is 0.899. The average molecular weight is 277 g/mol. The fourth-order valence-corrected chi connectivity index (χ4v) is 2.75. The van der Waals surface area contributed by atoms with Gasteiger partial charge in [0.1, 0.15) is 5.60 Å². The number of nitrogens with zero attached hydrogens (tertiary/aromatic N) is 2. The van der Waals surface area contributed by atoms with E-state index in [9.17, 15) is 0 Å². The third kappa shape index (κ3) is 2.86. The first-order valence-corrected chi connectivity index (χ1v) is 7.76. The zero-order valence-electron chi connectivity index (χ0n) is 13.4. The summed E-state index contributed by atoms with van der Waals surface area (Å²) in [5, 5.41) is 3.40. The Balaban J connectivity index is 2.52. The summed E-state index contributed by atoms with van der Waals surface area (Å²) in [6, 6.07) is 0. The lowest BCUT2D eigenvalue weighted by Gasteiger charge is -2.30. The molecule has 0 saturated heterocycles. The lowest BCUT2D eigenvalue weighted by molar-refractivity contribution is -0.0394. The molecule has 20 heavy (non-hydrogen) atoms. The highest BCUT2D eigenvalue weighted by Crippen LogP contribution is 2.30. The summed E-state index contributed by atoms with van der Waals surface area (Å²) >= 11 is 0. The first-order chi connectivity index (χ1) is 9.51. The predicted octanol–water partition coefficient (Wildman–Crippen LogP) is 2.91. The highest BCUT2D eigenvalue weighted by Gasteiger charge is 2.31. The lowest BCUT2D eigenvalue weighted by Crippen LogP contribution is -2.33. The van der Waals surface area contributed by atoms with Gasteiger partial charge in [-0.2, -0.15) is 0 Å². The molecular weight excluding hydrogens is 250 g/mol. The summed E-state index contributed by atoms with van der Waals surface area (Å²) in [5.74, 6) is 1.26. The van der Waals surface area contributed by atoms with Crippen LogP contribution in [0.1, 0.15) is 69.7 Å². The van der Waals surface area contributed by atoms with Gasteiger partial charge >= 0.3 is 0 Å². The molecule has 0 fully saturated rings. The van der Waals surface area contributed by atoms with Crippen LogP contribution in [0.3, 0.4) is 0 Å². The van der Waals surface area contributed by atoms with Crippen LogP contribution in [0, 0.1) is 0 Å². The number of nitrogens with one attached hydrogen (secondary N) is 1. The van der Waals surface area contributed by atoms with Crippen molar-refractivity contribution in [1.82, 2.24) is 15.3 Å². The second kappa shape index (κ2) is 6.19. The molecule has 0 spiro atoms. The molecule has 0 radical (unpaired) electrons. The number of fused-ring (bicyclic) bond motifs is 1.